The van der Waals surface area contributed by atoms with Gasteiger partial charge in [0.2, 0.25) is 0 Å². The summed E-state index contributed by atoms with van der Waals surface area (Å²) in [5, 5.41) is 26.3. The molecule has 104 valence electrons. The Kier molecular flexibility index (Phi) is 3.85. The van der Waals surface area contributed by atoms with Gasteiger partial charge in [-0.25, -0.2) is 4.79 Å². The first-order chi connectivity index (χ1) is 9.56. The maximum atomic E-state index is 11.6. The number of aromatic carboxylic acids is 1. The average molecular weight is 277 g/mol. The number of H-pyrrole nitrogens is 1. The number of phenols is 1. The van der Waals surface area contributed by atoms with Gasteiger partial charge in [0.1, 0.15) is 5.69 Å². The van der Waals surface area contributed by atoms with Crippen LogP contribution in [0.15, 0.2) is 30.3 Å². The van der Waals surface area contributed by atoms with Gasteiger partial charge >= 0.3 is 5.97 Å². The summed E-state index contributed by atoms with van der Waals surface area (Å²) in [6.07, 6.45) is 0. The number of aromatic hydroxyl groups is 1. The van der Waals surface area contributed by atoms with E-state index in [9.17, 15) is 14.7 Å². The highest BCUT2D eigenvalue weighted by Crippen LogP contribution is 2.24. The Labute approximate surface area is 113 Å². The van der Waals surface area contributed by atoms with Gasteiger partial charge < -0.3 is 20.3 Å². The number of anilines is 1. The van der Waals surface area contributed by atoms with Gasteiger partial charge in [-0.2, -0.15) is 5.10 Å². The van der Waals surface area contributed by atoms with Gasteiger partial charge in [0.15, 0.2) is 23.9 Å². The fourth-order valence-electron chi connectivity index (χ4n) is 1.40. The molecular weight excluding hydrogens is 266 g/mol. The van der Waals surface area contributed by atoms with Crippen LogP contribution in [0.25, 0.3) is 0 Å². The Balaban J connectivity index is 1.89. The lowest BCUT2D eigenvalue weighted by Crippen LogP contribution is -2.20. The predicted octanol–water partition coefficient (Wildman–Crippen LogP) is 0.831. The molecule has 0 saturated heterocycles. The van der Waals surface area contributed by atoms with Crippen molar-refractivity contribution < 1.29 is 24.5 Å². The molecule has 1 aromatic heterocycles. The van der Waals surface area contributed by atoms with Crippen molar-refractivity contribution in [1.82, 2.24) is 10.2 Å². The summed E-state index contributed by atoms with van der Waals surface area (Å²) in [4.78, 5) is 22.2. The third-order valence-corrected chi connectivity index (χ3v) is 2.30. The lowest BCUT2D eigenvalue weighted by Gasteiger charge is -2.06. The Morgan fingerprint density at radius 2 is 2.10 bits per heavy atom. The summed E-state index contributed by atoms with van der Waals surface area (Å²) in [5.41, 5.74) is -0.137. The summed E-state index contributed by atoms with van der Waals surface area (Å²) in [7, 11) is 0. The molecule has 0 fully saturated rings. The van der Waals surface area contributed by atoms with E-state index in [0.717, 1.165) is 0 Å². The second-order valence-corrected chi connectivity index (χ2v) is 3.78. The largest absolute Gasteiger partial charge is 0.504 e. The molecule has 0 bridgehead atoms. The molecule has 0 radical (unpaired) electrons. The number of aromatic amines is 1. The molecule has 2 aromatic rings. The van der Waals surface area contributed by atoms with Crippen molar-refractivity contribution >= 4 is 17.7 Å². The average Bonchev–Trinajstić information content (AvgIpc) is 2.86. The van der Waals surface area contributed by atoms with Crippen LogP contribution in [0.1, 0.15) is 10.5 Å². The highest BCUT2D eigenvalue weighted by Gasteiger charge is 2.11. The molecule has 4 N–H and O–H groups in total. The van der Waals surface area contributed by atoms with E-state index in [4.69, 9.17) is 9.84 Å². The molecule has 0 aliphatic rings. The van der Waals surface area contributed by atoms with Crippen LogP contribution in [-0.2, 0) is 4.79 Å². The molecule has 1 amide bonds. The minimum atomic E-state index is -1.18. The topological polar surface area (TPSA) is 125 Å². The monoisotopic (exact) mass is 277 g/mol. The molecule has 0 aliphatic heterocycles. The fraction of sp³-hybridized carbons (Fsp3) is 0.0833. The van der Waals surface area contributed by atoms with E-state index in [0.29, 0.717) is 0 Å². The van der Waals surface area contributed by atoms with E-state index in [1.165, 1.54) is 18.2 Å². The molecule has 8 nitrogen and oxygen atoms in total. The van der Waals surface area contributed by atoms with Gasteiger partial charge in [0.25, 0.3) is 5.91 Å². The minimum absolute atomic E-state index is 0.0757. The molecule has 0 atom stereocenters. The van der Waals surface area contributed by atoms with Crippen LogP contribution < -0.4 is 10.1 Å². The zero-order valence-electron chi connectivity index (χ0n) is 10.2. The standard InChI is InChI=1S/C12H11N3O5/c16-8-3-1-2-4-9(8)20-6-11(17)13-10-5-7(12(18)19)14-15-10/h1-5,16H,6H2,(H,18,19)(H2,13,14,15,17). The maximum Gasteiger partial charge on any atom is 0.353 e. The van der Waals surface area contributed by atoms with Crippen molar-refractivity contribution in [1.29, 1.82) is 0 Å². The molecule has 0 spiro atoms. The van der Waals surface area contributed by atoms with Crippen LogP contribution in [0, 0.1) is 0 Å². The van der Waals surface area contributed by atoms with Crippen LogP contribution in [0.3, 0.4) is 0 Å². The molecule has 0 saturated carbocycles. The van der Waals surface area contributed by atoms with E-state index in [2.05, 4.69) is 15.5 Å². The molecule has 0 unspecified atom stereocenters. The first-order valence-corrected chi connectivity index (χ1v) is 5.55. The number of carboxylic acids is 1. The number of ether oxygens (including phenoxy) is 1. The molecule has 20 heavy (non-hydrogen) atoms. The molecule has 1 heterocycles. The van der Waals surface area contributed by atoms with Gasteiger partial charge in [-0.05, 0) is 12.1 Å². The number of phenolic OH excluding ortho intramolecular Hbond substituents is 1. The summed E-state index contributed by atoms with van der Waals surface area (Å²) in [5.74, 6) is -1.53. The summed E-state index contributed by atoms with van der Waals surface area (Å²) in [6.45, 7) is -0.340. The number of amides is 1. The quantitative estimate of drug-likeness (QED) is 0.641. The van der Waals surface area contributed by atoms with Crippen LogP contribution in [0.5, 0.6) is 11.5 Å². The van der Waals surface area contributed by atoms with Gasteiger partial charge in [-0.1, -0.05) is 12.1 Å². The number of carboxylic acid groups (broad SMARTS) is 1. The van der Waals surface area contributed by atoms with Crippen LogP contribution >= 0.6 is 0 Å². The van der Waals surface area contributed by atoms with E-state index >= 15 is 0 Å². The predicted molar refractivity (Wildman–Crippen MR) is 67.8 cm³/mol. The number of hydrogen-bond donors (Lipinski definition) is 4. The van der Waals surface area contributed by atoms with Crippen LogP contribution in [0.4, 0.5) is 5.82 Å². The van der Waals surface area contributed by atoms with Gasteiger partial charge in [-0.15, -0.1) is 0 Å². The molecule has 8 heteroatoms. The number of benzene rings is 1. The van der Waals surface area contributed by atoms with Gasteiger partial charge in [0.05, 0.1) is 0 Å². The third-order valence-electron chi connectivity index (χ3n) is 2.30. The van der Waals surface area contributed by atoms with Crippen molar-refractivity contribution in [2.45, 2.75) is 0 Å². The highest BCUT2D eigenvalue weighted by atomic mass is 16.5. The third kappa shape index (κ3) is 3.25. The molecular formula is C12H11N3O5. The van der Waals surface area contributed by atoms with Crippen molar-refractivity contribution in [3.63, 3.8) is 0 Å². The van der Waals surface area contributed by atoms with E-state index < -0.39 is 11.9 Å². The lowest BCUT2D eigenvalue weighted by atomic mass is 10.3. The number of carbonyl (C=O) groups is 2. The highest BCUT2D eigenvalue weighted by molar-refractivity contribution is 5.93. The first-order valence-electron chi connectivity index (χ1n) is 5.55. The van der Waals surface area contributed by atoms with E-state index in [1.807, 2.05) is 0 Å². The van der Waals surface area contributed by atoms with E-state index in [-0.39, 0.29) is 29.6 Å². The maximum absolute atomic E-state index is 11.6. The molecule has 1 aromatic carbocycles. The summed E-state index contributed by atoms with van der Waals surface area (Å²) >= 11 is 0. The number of nitrogens with one attached hydrogen (secondary N) is 2. The van der Waals surface area contributed by atoms with Crippen molar-refractivity contribution in [3.8, 4) is 11.5 Å². The fourth-order valence-corrected chi connectivity index (χ4v) is 1.40. The summed E-state index contributed by atoms with van der Waals surface area (Å²) in [6, 6.07) is 7.40. The minimum Gasteiger partial charge on any atom is -0.504 e. The van der Waals surface area contributed by atoms with Crippen molar-refractivity contribution in [3.05, 3.63) is 36.0 Å². The van der Waals surface area contributed by atoms with Crippen LogP contribution in [-0.4, -0.2) is 38.9 Å². The number of nitrogens with zero attached hydrogens (tertiary/aromatic N) is 1. The molecule has 2 rings (SSSR count). The molecule has 0 aliphatic carbocycles. The zero-order valence-corrected chi connectivity index (χ0v) is 10.2. The zero-order chi connectivity index (χ0) is 14.5. The second kappa shape index (κ2) is 5.74. The van der Waals surface area contributed by atoms with Gasteiger partial charge in [-0.3, -0.25) is 9.89 Å². The summed E-state index contributed by atoms with van der Waals surface area (Å²) < 4.78 is 5.11. The Morgan fingerprint density at radius 1 is 1.35 bits per heavy atom. The number of rotatable bonds is 5. The second-order valence-electron chi connectivity index (χ2n) is 3.78. The van der Waals surface area contributed by atoms with Gasteiger partial charge in [0, 0.05) is 6.07 Å². The smallest absolute Gasteiger partial charge is 0.353 e. The van der Waals surface area contributed by atoms with E-state index in [1.54, 1.807) is 12.1 Å². The Morgan fingerprint density at radius 3 is 2.75 bits per heavy atom. The number of carbonyl (C=O) groups excluding carboxylic acids is 1. The van der Waals surface area contributed by atoms with Crippen LogP contribution in [0.2, 0.25) is 0 Å². The normalized spacial score (nSPS) is 10.0. The SMILES string of the molecule is O=C(COc1ccccc1O)Nc1cc(C(=O)O)[nH]n1. The number of aromatic nitrogens is 2. The Bertz CT molecular complexity index is 638. The first kappa shape index (κ1) is 13.4. The Hall–Kier alpha value is -3.03. The van der Waals surface area contributed by atoms with Crippen molar-refractivity contribution in [2.24, 2.45) is 0 Å². The van der Waals surface area contributed by atoms with Crippen molar-refractivity contribution in [2.75, 3.05) is 11.9 Å². The lowest BCUT2D eigenvalue weighted by molar-refractivity contribution is -0.118. The number of hydrogen-bond acceptors (Lipinski definition) is 5. The number of para-hydroxylation sites is 2.